The Labute approximate surface area is 125 Å². The van der Waals surface area contributed by atoms with Crippen molar-refractivity contribution in [1.82, 2.24) is 15.2 Å². The van der Waals surface area contributed by atoms with Gasteiger partial charge in [0.25, 0.3) is 0 Å². The fraction of sp³-hybridized carbons (Fsp3) is 0.692. The summed E-state index contributed by atoms with van der Waals surface area (Å²) < 4.78 is 38.2. The van der Waals surface area contributed by atoms with Gasteiger partial charge in [0.15, 0.2) is 0 Å². The molecular formula is C13H18F3N3OS. The van der Waals surface area contributed by atoms with Crippen molar-refractivity contribution in [2.45, 2.75) is 44.4 Å². The van der Waals surface area contributed by atoms with Crippen LogP contribution in [-0.4, -0.2) is 35.2 Å². The molecule has 8 heteroatoms. The number of alkyl halides is 3. The molecule has 2 amide bonds. The first kappa shape index (κ1) is 16.1. The number of carbonyl (C=O) groups is 1. The molecule has 4 nitrogen and oxygen atoms in total. The third-order valence-corrected chi connectivity index (χ3v) is 4.43. The molecule has 0 aromatic carbocycles. The van der Waals surface area contributed by atoms with E-state index in [4.69, 9.17) is 0 Å². The minimum atomic E-state index is -4.17. The number of urea groups is 1. The number of nitrogens with one attached hydrogen (secondary N) is 1. The van der Waals surface area contributed by atoms with E-state index >= 15 is 0 Å². The highest BCUT2D eigenvalue weighted by atomic mass is 32.1. The van der Waals surface area contributed by atoms with Crippen LogP contribution in [0.2, 0.25) is 0 Å². The van der Waals surface area contributed by atoms with Gasteiger partial charge in [-0.05, 0) is 19.3 Å². The topological polar surface area (TPSA) is 45.2 Å². The first-order valence-corrected chi connectivity index (χ1v) is 7.71. The summed E-state index contributed by atoms with van der Waals surface area (Å²) in [7, 11) is 1.61. The second-order valence-corrected chi connectivity index (χ2v) is 6.31. The fourth-order valence-corrected chi connectivity index (χ4v) is 3.18. The molecule has 0 bridgehead atoms. The molecule has 1 aliphatic carbocycles. The number of hydrogen-bond acceptors (Lipinski definition) is 3. The summed E-state index contributed by atoms with van der Waals surface area (Å²) >= 11 is 1.44. The van der Waals surface area contributed by atoms with Crippen molar-refractivity contribution in [3.63, 3.8) is 0 Å². The second kappa shape index (κ2) is 6.64. The summed E-state index contributed by atoms with van der Waals surface area (Å²) in [6.45, 7) is 0.360. The van der Waals surface area contributed by atoms with Gasteiger partial charge in [-0.25, -0.2) is 9.78 Å². The van der Waals surface area contributed by atoms with E-state index in [9.17, 15) is 18.0 Å². The summed E-state index contributed by atoms with van der Waals surface area (Å²) in [5.74, 6) is -1.30. The van der Waals surface area contributed by atoms with Gasteiger partial charge < -0.3 is 10.2 Å². The maximum absolute atomic E-state index is 12.7. The molecule has 1 aromatic heterocycles. The maximum Gasteiger partial charge on any atom is 0.391 e. The molecule has 1 aliphatic rings. The van der Waals surface area contributed by atoms with Gasteiger partial charge in [0.1, 0.15) is 5.01 Å². The third kappa shape index (κ3) is 4.59. The highest BCUT2D eigenvalue weighted by Crippen LogP contribution is 2.37. The predicted molar refractivity (Wildman–Crippen MR) is 73.9 cm³/mol. The number of carbonyl (C=O) groups excluding carboxylic acids is 1. The summed E-state index contributed by atoms with van der Waals surface area (Å²) in [6, 6.07) is -0.755. The number of hydrogen-bond donors (Lipinski definition) is 1. The molecule has 0 aliphatic heterocycles. The van der Waals surface area contributed by atoms with E-state index in [1.165, 1.54) is 16.2 Å². The SMILES string of the molecule is CN(Cc1nccs1)C(=O)NC1CCCC(C(F)(F)F)C1. The Morgan fingerprint density at radius 1 is 1.52 bits per heavy atom. The first-order chi connectivity index (χ1) is 9.86. The van der Waals surface area contributed by atoms with Crippen LogP contribution >= 0.6 is 11.3 Å². The number of nitrogens with zero attached hydrogens (tertiary/aromatic N) is 2. The molecule has 1 N–H and O–H groups in total. The number of halogens is 3. The van der Waals surface area contributed by atoms with Crippen molar-refractivity contribution in [2.75, 3.05) is 7.05 Å². The van der Waals surface area contributed by atoms with E-state index in [0.29, 0.717) is 19.4 Å². The molecule has 2 unspecified atom stereocenters. The molecule has 2 atom stereocenters. The van der Waals surface area contributed by atoms with Gasteiger partial charge in [0.2, 0.25) is 0 Å². The van der Waals surface area contributed by atoms with Gasteiger partial charge in [0, 0.05) is 24.7 Å². The zero-order valence-corrected chi connectivity index (χ0v) is 12.5. The molecular weight excluding hydrogens is 303 g/mol. The molecule has 0 saturated heterocycles. The van der Waals surface area contributed by atoms with Crippen molar-refractivity contribution >= 4 is 17.4 Å². The summed E-state index contributed by atoms with van der Waals surface area (Å²) in [5.41, 5.74) is 0. The van der Waals surface area contributed by atoms with Gasteiger partial charge >= 0.3 is 12.2 Å². The van der Waals surface area contributed by atoms with Crippen molar-refractivity contribution in [3.8, 4) is 0 Å². The molecule has 1 aromatic rings. The summed E-state index contributed by atoms with van der Waals surface area (Å²) in [5, 5.41) is 5.31. The Morgan fingerprint density at radius 2 is 2.29 bits per heavy atom. The van der Waals surface area contributed by atoms with Gasteiger partial charge in [-0.1, -0.05) is 6.42 Å². The summed E-state index contributed by atoms with van der Waals surface area (Å²) in [4.78, 5) is 17.5. The lowest BCUT2D eigenvalue weighted by Crippen LogP contribution is -2.46. The number of amides is 2. The van der Waals surface area contributed by atoms with Crippen LogP contribution in [-0.2, 0) is 6.54 Å². The highest BCUT2D eigenvalue weighted by molar-refractivity contribution is 7.09. The van der Waals surface area contributed by atoms with E-state index in [0.717, 1.165) is 5.01 Å². The number of aromatic nitrogens is 1. The lowest BCUT2D eigenvalue weighted by molar-refractivity contribution is -0.183. The van der Waals surface area contributed by atoms with Crippen LogP contribution in [0.1, 0.15) is 30.7 Å². The van der Waals surface area contributed by atoms with Crippen molar-refractivity contribution in [2.24, 2.45) is 5.92 Å². The molecule has 1 fully saturated rings. The number of rotatable bonds is 3. The van der Waals surface area contributed by atoms with E-state index in [2.05, 4.69) is 10.3 Å². The third-order valence-electron chi connectivity index (χ3n) is 3.67. The molecule has 1 saturated carbocycles. The van der Waals surface area contributed by atoms with Gasteiger partial charge in [-0.3, -0.25) is 0 Å². The van der Waals surface area contributed by atoms with Crippen LogP contribution < -0.4 is 5.32 Å². The Balaban J connectivity index is 1.84. The average molecular weight is 321 g/mol. The standard InChI is InChI=1S/C13H18F3N3OS/c1-19(8-11-17-5-6-21-11)12(20)18-10-4-2-3-9(7-10)13(14,15)16/h5-6,9-10H,2-4,7-8H2,1H3,(H,18,20). The summed E-state index contributed by atoms with van der Waals surface area (Å²) in [6.07, 6.45) is -1.29. The largest absolute Gasteiger partial charge is 0.391 e. The van der Waals surface area contributed by atoms with Crippen LogP contribution in [0, 0.1) is 5.92 Å². The second-order valence-electron chi connectivity index (χ2n) is 5.33. The molecule has 118 valence electrons. The molecule has 21 heavy (non-hydrogen) atoms. The van der Waals surface area contributed by atoms with Crippen molar-refractivity contribution in [3.05, 3.63) is 16.6 Å². The minimum Gasteiger partial charge on any atom is -0.335 e. The zero-order valence-electron chi connectivity index (χ0n) is 11.7. The maximum atomic E-state index is 12.7. The molecule has 0 radical (unpaired) electrons. The number of thiazole rings is 1. The monoisotopic (exact) mass is 321 g/mol. The highest BCUT2D eigenvalue weighted by Gasteiger charge is 2.42. The average Bonchev–Trinajstić information content (AvgIpc) is 2.91. The fourth-order valence-electron chi connectivity index (χ4n) is 2.51. The van der Waals surface area contributed by atoms with E-state index < -0.39 is 18.1 Å². The van der Waals surface area contributed by atoms with Gasteiger partial charge in [0.05, 0.1) is 12.5 Å². The van der Waals surface area contributed by atoms with Crippen LogP contribution in [0.25, 0.3) is 0 Å². The quantitative estimate of drug-likeness (QED) is 0.927. The smallest absolute Gasteiger partial charge is 0.335 e. The van der Waals surface area contributed by atoms with Gasteiger partial charge in [-0.15, -0.1) is 11.3 Å². The Bertz CT molecular complexity index is 464. The zero-order chi connectivity index (χ0) is 15.5. The van der Waals surface area contributed by atoms with Crippen LogP contribution in [0.15, 0.2) is 11.6 Å². The lowest BCUT2D eigenvalue weighted by Gasteiger charge is -2.32. The molecule has 2 rings (SSSR count). The van der Waals surface area contributed by atoms with E-state index in [1.54, 1.807) is 13.2 Å². The van der Waals surface area contributed by atoms with Crippen LogP contribution in [0.3, 0.4) is 0 Å². The Kier molecular flexibility index (Phi) is 5.08. The lowest BCUT2D eigenvalue weighted by atomic mass is 9.85. The Hall–Kier alpha value is -1.31. The molecule has 0 spiro atoms. The molecule has 1 heterocycles. The first-order valence-electron chi connectivity index (χ1n) is 6.83. The normalized spacial score (nSPS) is 22.9. The van der Waals surface area contributed by atoms with E-state index in [1.807, 2.05) is 5.38 Å². The van der Waals surface area contributed by atoms with Crippen LogP contribution in [0.4, 0.5) is 18.0 Å². The van der Waals surface area contributed by atoms with Crippen molar-refractivity contribution < 1.29 is 18.0 Å². The van der Waals surface area contributed by atoms with Crippen molar-refractivity contribution in [1.29, 1.82) is 0 Å². The van der Waals surface area contributed by atoms with Crippen LogP contribution in [0.5, 0.6) is 0 Å². The van der Waals surface area contributed by atoms with Gasteiger partial charge in [-0.2, -0.15) is 13.2 Å². The minimum absolute atomic E-state index is 0.0274. The Morgan fingerprint density at radius 3 is 2.90 bits per heavy atom. The van der Waals surface area contributed by atoms with E-state index in [-0.39, 0.29) is 18.9 Å². The predicted octanol–water partition coefficient (Wildman–Crippen LogP) is 3.41.